The number of thioether (sulfide) groups is 1. The second-order valence-electron chi connectivity index (χ2n) is 5.67. The van der Waals surface area contributed by atoms with Gasteiger partial charge < -0.3 is 10.1 Å². The fourth-order valence-electron chi connectivity index (χ4n) is 2.00. The Kier molecular flexibility index (Phi) is 8.25. The van der Waals surface area contributed by atoms with Crippen LogP contribution in [0.2, 0.25) is 0 Å². The zero-order valence-electron chi connectivity index (χ0n) is 15.2. The SMILES string of the molecule is CCCN=C(Nc1ncncc1OCc1ccc(C)cc1)SCCC. The maximum absolute atomic E-state index is 5.92. The highest BCUT2D eigenvalue weighted by molar-refractivity contribution is 8.14. The van der Waals surface area contributed by atoms with E-state index in [1.807, 2.05) is 0 Å². The Morgan fingerprint density at radius 1 is 1.20 bits per heavy atom. The molecule has 0 atom stereocenters. The molecule has 0 unspecified atom stereocenters. The fraction of sp³-hybridized carbons (Fsp3) is 0.421. The molecule has 0 bridgehead atoms. The number of hydrogen-bond donors (Lipinski definition) is 1. The first kappa shape index (κ1) is 19.2. The van der Waals surface area contributed by atoms with E-state index in [1.165, 1.54) is 11.9 Å². The lowest BCUT2D eigenvalue weighted by Gasteiger charge is -2.13. The number of nitrogens with zero attached hydrogens (tertiary/aromatic N) is 3. The van der Waals surface area contributed by atoms with Crippen molar-refractivity contribution >= 4 is 22.7 Å². The quantitative estimate of drug-likeness (QED) is 0.548. The summed E-state index contributed by atoms with van der Waals surface area (Å²) in [6.45, 7) is 7.62. The molecule has 0 aliphatic carbocycles. The lowest BCUT2D eigenvalue weighted by atomic mass is 10.2. The van der Waals surface area contributed by atoms with Crippen molar-refractivity contribution < 1.29 is 4.74 Å². The van der Waals surface area contributed by atoms with Crippen molar-refractivity contribution in [3.05, 3.63) is 47.9 Å². The Balaban J connectivity index is 2.06. The highest BCUT2D eigenvalue weighted by atomic mass is 32.2. The van der Waals surface area contributed by atoms with Crippen LogP contribution in [-0.4, -0.2) is 27.4 Å². The van der Waals surface area contributed by atoms with Crippen LogP contribution in [0, 0.1) is 6.92 Å². The van der Waals surface area contributed by atoms with E-state index in [2.05, 4.69) is 65.3 Å². The van der Waals surface area contributed by atoms with E-state index in [4.69, 9.17) is 4.74 Å². The summed E-state index contributed by atoms with van der Waals surface area (Å²) in [4.78, 5) is 13.0. The van der Waals surface area contributed by atoms with Crippen LogP contribution in [0.5, 0.6) is 5.75 Å². The number of nitrogens with one attached hydrogen (secondary N) is 1. The molecule has 0 aliphatic heterocycles. The number of rotatable bonds is 8. The highest BCUT2D eigenvalue weighted by Crippen LogP contribution is 2.23. The number of benzene rings is 1. The molecule has 1 N–H and O–H groups in total. The number of hydrogen-bond acceptors (Lipinski definition) is 5. The summed E-state index contributed by atoms with van der Waals surface area (Å²) in [7, 11) is 0. The molecule has 0 amide bonds. The fourth-order valence-corrected chi connectivity index (χ4v) is 2.75. The summed E-state index contributed by atoms with van der Waals surface area (Å²) >= 11 is 1.70. The maximum atomic E-state index is 5.92. The second kappa shape index (κ2) is 10.7. The number of aryl methyl sites for hydroxylation is 1. The molecular formula is C19H26N4OS. The molecule has 1 aromatic heterocycles. The number of ether oxygens (including phenoxy) is 1. The maximum Gasteiger partial charge on any atom is 0.180 e. The minimum absolute atomic E-state index is 0.478. The molecule has 25 heavy (non-hydrogen) atoms. The van der Waals surface area contributed by atoms with E-state index in [0.717, 1.165) is 35.9 Å². The van der Waals surface area contributed by atoms with Crippen LogP contribution in [0.25, 0.3) is 0 Å². The van der Waals surface area contributed by atoms with Gasteiger partial charge in [-0.2, -0.15) is 0 Å². The second-order valence-corrected chi connectivity index (χ2v) is 6.75. The molecule has 0 saturated carbocycles. The molecule has 5 nitrogen and oxygen atoms in total. The van der Waals surface area contributed by atoms with Crippen LogP contribution in [-0.2, 0) is 6.61 Å². The standard InChI is InChI=1S/C19H26N4OS/c1-4-10-21-19(25-11-5-2)23-18-17(12-20-14-22-18)24-13-16-8-6-15(3)7-9-16/h6-9,12,14H,4-5,10-11,13H2,1-3H3,(H,20,21,22,23). The van der Waals surface area contributed by atoms with Crippen LogP contribution < -0.4 is 10.1 Å². The monoisotopic (exact) mass is 358 g/mol. The Hall–Kier alpha value is -2.08. The Morgan fingerprint density at radius 2 is 2.00 bits per heavy atom. The topological polar surface area (TPSA) is 59.4 Å². The van der Waals surface area contributed by atoms with Gasteiger partial charge in [0.05, 0.1) is 6.20 Å². The first-order valence-electron chi connectivity index (χ1n) is 8.65. The van der Waals surface area contributed by atoms with Gasteiger partial charge in [0.1, 0.15) is 12.9 Å². The van der Waals surface area contributed by atoms with E-state index in [1.54, 1.807) is 18.0 Å². The number of amidine groups is 1. The lowest BCUT2D eigenvalue weighted by molar-refractivity contribution is 0.305. The number of aliphatic imine (C=N–C) groups is 1. The van der Waals surface area contributed by atoms with Gasteiger partial charge in [-0.25, -0.2) is 9.97 Å². The van der Waals surface area contributed by atoms with E-state index in [0.29, 0.717) is 18.2 Å². The molecule has 1 aromatic carbocycles. The van der Waals surface area contributed by atoms with E-state index in [9.17, 15) is 0 Å². The van der Waals surface area contributed by atoms with Gasteiger partial charge in [0, 0.05) is 12.3 Å². The predicted molar refractivity (Wildman–Crippen MR) is 107 cm³/mol. The summed E-state index contributed by atoms with van der Waals surface area (Å²) < 4.78 is 5.92. The Labute approximate surface area is 154 Å². The van der Waals surface area contributed by atoms with Crippen LogP contribution in [0.3, 0.4) is 0 Å². The summed E-state index contributed by atoms with van der Waals surface area (Å²) in [6, 6.07) is 8.29. The van der Waals surface area contributed by atoms with Crippen molar-refractivity contribution in [3.8, 4) is 5.75 Å². The normalized spacial score (nSPS) is 11.4. The zero-order valence-corrected chi connectivity index (χ0v) is 16.0. The predicted octanol–water partition coefficient (Wildman–Crippen LogP) is 4.69. The van der Waals surface area contributed by atoms with E-state index < -0.39 is 0 Å². The Morgan fingerprint density at radius 3 is 2.72 bits per heavy atom. The number of anilines is 1. The van der Waals surface area contributed by atoms with Crippen LogP contribution >= 0.6 is 11.8 Å². The van der Waals surface area contributed by atoms with Gasteiger partial charge in [-0.3, -0.25) is 4.99 Å². The largest absolute Gasteiger partial charge is 0.483 e. The van der Waals surface area contributed by atoms with Gasteiger partial charge >= 0.3 is 0 Å². The average molecular weight is 359 g/mol. The minimum Gasteiger partial charge on any atom is -0.483 e. The summed E-state index contributed by atoms with van der Waals surface area (Å²) in [5, 5.41) is 4.18. The van der Waals surface area contributed by atoms with Crippen LogP contribution in [0.15, 0.2) is 41.8 Å². The van der Waals surface area contributed by atoms with Gasteiger partial charge in [-0.15, -0.1) is 0 Å². The first-order valence-corrected chi connectivity index (χ1v) is 9.64. The Bertz CT molecular complexity index is 673. The van der Waals surface area contributed by atoms with Crippen molar-refractivity contribution in [2.24, 2.45) is 4.99 Å². The van der Waals surface area contributed by atoms with Gasteiger partial charge in [-0.05, 0) is 25.3 Å². The summed E-state index contributed by atoms with van der Waals surface area (Å²) in [6.07, 6.45) is 5.31. The van der Waals surface area contributed by atoms with Crippen molar-refractivity contribution in [2.45, 2.75) is 40.2 Å². The molecule has 134 valence electrons. The number of aromatic nitrogens is 2. The molecule has 2 aromatic rings. The highest BCUT2D eigenvalue weighted by Gasteiger charge is 2.09. The van der Waals surface area contributed by atoms with Crippen molar-refractivity contribution in [1.82, 2.24) is 9.97 Å². The molecule has 0 spiro atoms. The molecule has 0 fully saturated rings. The minimum atomic E-state index is 0.478. The lowest BCUT2D eigenvalue weighted by Crippen LogP contribution is -2.12. The van der Waals surface area contributed by atoms with Gasteiger partial charge in [0.15, 0.2) is 16.7 Å². The van der Waals surface area contributed by atoms with Crippen LogP contribution in [0.4, 0.5) is 5.82 Å². The van der Waals surface area contributed by atoms with E-state index >= 15 is 0 Å². The third-order valence-corrected chi connectivity index (χ3v) is 4.46. The molecular weight excluding hydrogens is 332 g/mol. The zero-order chi connectivity index (χ0) is 17.9. The molecule has 6 heteroatoms. The van der Waals surface area contributed by atoms with Crippen molar-refractivity contribution in [2.75, 3.05) is 17.6 Å². The van der Waals surface area contributed by atoms with Crippen LogP contribution in [0.1, 0.15) is 37.8 Å². The van der Waals surface area contributed by atoms with Crippen molar-refractivity contribution in [3.63, 3.8) is 0 Å². The first-order chi connectivity index (χ1) is 12.2. The molecule has 1 heterocycles. The third-order valence-electron chi connectivity index (χ3n) is 3.34. The third kappa shape index (κ3) is 6.74. The molecule has 0 radical (unpaired) electrons. The average Bonchev–Trinajstić information content (AvgIpc) is 2.64. The van der Waals surface area contributed by atoms with Crippen molar-refractivity contribution in [1.29, 1.82) is 0 Å². The van der Waals surface area contributed by atoms with Gasteiger partial charge in [0.25, 0.3) is 0 Å². The summed E-state index contributed by atoms with van der Waals surface area (Å²) in [5.41, 5.74) is 2.35. The van der Waals surface area contributed by atoms with Gasteiger partial charge in [0.2, 0.25) is 0 Å². The van der Waals surface area contributed by atoms with E-state index in [-0.39, 0.29) is 0 Å². The molecule has 0 saturated heterocycles. The summed E-state index contributed by atoms with van der Waals surface area (Å²) in [5.74, 6) is 2.30. The molecule has 2 rings (SSSR count). The smallest absolute Gasteiger partial charge is 0.180 e. The molecule has 0 aliphatic rings. The van der Waals surface area contributed by atoms with Gasteiger partial charge in [-0.1, -0.05) is 55.4 Å².